The van der Waals surface area contributed by atoms with Crippen LogP contribution in [-0.4, -0.2) is 50.4 Å². The number of carbonyl (C=O) groups excluding carboxylic acids is 2. The minimum Gasteiger partial charge on any atom is -0.365 e. The Morgan fingerprint density at radius 1 is 1.27 bits per heavy atom. The van der Waals surface area contributed by atoms with Gasteiger partial charge in [-0.2, -0.15) is 0 Å². The summed E-state index contributed by atoms with van der Waals surface area (Å²) in [6.07, 6.45) is 1.11. The Morgan fingerprint density at radius 2 is 2.03 bits per heavy atom. The zero-order valence-corrected chi connectivity index (χ0v) is 18.0. The second kappa shape index (κ2) is 8.35. The monoisotopic (exact) mass is 431 g/mol. The minimum atomic E-state index is -0.436. The summed E-state index contributed by atoms with van der Waals surface area (Å²) in [5, 5.41) is 12.0. The summed E-state index contributed by atoms with van der Waals surface area (Å²) in [6.45, 7) is 6.17. The number of nitrogens with zero attached hydrogens (tertiary/aromatic N) is 4. The second-order valence-corrected chi connectivity index (χ2v) is 8.79. The van der Waals surface area contributed by atoms with Crippen molar-refractivity contribution in [3.8, 4) is 0 Å². The molecule has 0 saturated carbocycles. The number of hydrogen-bond donors (Lipinski definition) is 1. The number of rotatable bonds is 5. The lowest BCUT2D eigenvalue weighted by molar-refractivity contribution is -0.132. The van der Waals surface area contributed by atoms with Gasteiger partial charge >= 0.3 is 0 Å². The Kier molecular flexibility index (Phi) is 5.79. The lowest BCUT2D eigenvalue weighted by atomic mass is 10.0. The molecule has 1 N–H and O–H groups in total. The highest BCUT2D eigenvalue weighted by Gasteiger charge is 2.44. The van der Waals surface area contributed by atoms with Crippen LogP contribution in [0.15, 0.2) is 24.3 Å². The maximum atomic E-state index is 12.7. The van der Waals surface area contributed by atoms with Crippen LogP contribution < -0.4 is 5.32 Å². The van der Waals surface area contributed by atoms with E-state index in [4.69, 9.17) is 16.3 Å². The number of aromatic nitrogens is 3. The summed E-state index contributed by atoms with van der Waals surface area (Å²) in [5.41, 5.74) is 2.12. The number of benzene rings is 1. The average Bonchev–Trinajstić information content (AvgIpc) is 3.32. The van der Waals surface area contributed by atoms with Gasteiger partial charge in [-0.1, -0.05) is 42.8 Å². The van der Waals surface area contributed by atoms with Gasteiger partial charge in [0.15, 0.2) is 0 Å². The average molecular weight is 432 g/mol. The van der Waals surface area contributed by atoms with Crippen LogP contribution in [0.5, 0.6) is 0 Å². The molecule has 160 valence electrons. The highest BCUT2D eigenvalue weighted by Crippen LogP contribution is 2.33. The van der Waals surface area contributed by atoms with Gasteiger partial charge in [0.2, 0.25) is 11.8 Å². The maximum absolute atomic E-state index is 12.7. The third-order valence-electron chi connectivity index (χ3n) is 5.76. The summed E-state index contributed by atoms with van der Waals surface area (Å²) >= 11 is 5.92. The number of amides is 2. The molecule has 0 bridgehead atoms. The summed E-state index contributed by atoms with van der Waals surface area (Å²) in [5.74, 6) is -0.0133. The predicted octanol–water partition coefficient (Wildman–Crippen LogP) is 1.95. The molecule has 0 aliphatic carbocycles. The van der Waals surface area contributed by atoms with E-state index in [1.807, 2.05) is 35.6 Å². The van der Waals surface area contributed by atoms with Crippen LogP contribution in [0.1, 0.15) is 37.2 Å². The van der Waals surface area contributed by atoms with Crippen LogP contribution in [0.25, 0.3) is 0 Å². The van der Waals surface area contributed by atoms with Crippen molar-refractivity contribution in [1.82, 2.24) is 25.2 Å². The molecular formula is C21H26ClN5O3. The van der Waals surface area contributed by atoms with Gasteiger partial charge in [0.05, 0.1) is 38.4 Å². The summed E-state index contributed by atoms with van der Waals surface area (Å²) in [4.78, 5) is 26.4. The Balaban J connectivity index is 1.37. The molecular weight excluding hydrogens is 406 g/mol. The number of ether oxygens (including phenoxy) is 1. The lowest BCUT2D eigenvalue weighted by Crippen LogP contribution is -2.45. The third kappa shape index (κ3) is 4.34. The molecule has 3 heterocycles. The van der Waals surface area contributed by atoms with E-state index in [0.717, 1.165) is 23.4 Å². The van der Waals surface area contributed by atoms with Crippen LogP contribution in [0, 0.1) is 5.92 Å². The normalized spacial score (nSPS) is 20.6. The van der Waals surface area contributed by atoms with E-state index < -0.39 is 5.60 Å². The van der Waals surface area contributed by atoms with Gasteiger partial charge in [-0.15, -0.1) is 5.10 Å². The fraction of sp³-hybridized carbons (Fsp3) is 0.524. The van der Waals surface area contributed by atoms with Crippen molar-refractivity contribution in [1.29, 1.82) is 0 Å². The number of likely N-dealkylation sites (tertiary alicyclic amines) is 1. The molecule has 2 amide bonds. The number of fused-ring (bicyclic) bond motifs is 1. The molecule has 30 heavy (non-hydrogen) atoms. The van der Waals surface area contributed by atoms with Crippen LogP contribution in [0.3, 0.4) is 0 Å². The Morgan fingerprint density at radius 3 is 2.77 bits per heavy atom. The van der Waals surface area contributed by atoms with Gasteiger partial charge in [-0.3, -0.25) is 9.59 Å². The molecule has 1 spiro atoms. The molecule has 1 aromatic heterocycles. The van der Waals surface area contributed by atoms with Crippen molar-refractivity contribution < 1.29 is 14.3 Å². The molecule has 1 unspecified atom stereocenters. The quantitative estimate of drug-likeness (QED) is 0.781. The molecule has 1 saturated heterocycles. The number of nitrogens with one attached hydrogen (secondary N) is 1. The summed E-state index contributed by atoms with van der Waals surface area (Å²) in [6, 6.07) is 7.36. The van der Waals surface area contributed by atoms with Gasteiger partial charge in [0.1, 0.15) is 11.3 Å². The van der Waals surface area contributed by atoms with E-state index in [0.29, 0.717) is 44.2 Å². The third-order valence-corrected chi connectivity index (χ3v) is 6.02. The van der Waals surface area contributed by atoms with Gasteiger partial charge in [0, 0.05) is 17.5 Å². The molecule has 0 radical (unpaired) electrons. The van der Waals surface area contributed by atoms with Gasteiger partial charge < -0.3 is 15.0 Å². The highest BCUT2D eigenvalue weighted by atomic mass is 35.5. The Labute approximate surface area is 180 Å². The molecule has 2 aliphatic rings. The molecule has 1 fully saturated rings. The predicted molar refractivity (Wildman–Crippen MR) is 111 cm³/mol. The van der Waals surface area contributed by atoms with Crippen molar-refractivity contribution in [2.45, 2.75) is 52.0 Å². The van der Waals surface area contributed by atoms with Crippen LogP contribution in [0.4, 0.5) is 0 Å². The van der Waals surface area contributed by atoms with Crippen LogP contribution in [0.2, 0.25) is 5.02 Å². The zero-order chi connectivity index (χ0) is 21.3. The maximum Gasteiger partial charge on any atom is 0.227 e. The van der Waals surface area contributed by atoms with Crippen molar-refractivity contribution in [3.05, 3.63) is 46.2 Å². The molecule has 2 aromatic rings. The fourth-order valence-corrected chi connectivity index (χ4v) is 4.02. The first-order valence-corrected chi connectivity index (χ1v) is 10.6. The molecule has 1 aromatic carbocycles. The first-order chi connectivity index (χ1) is 14.3. The van der Waals surface area contributed by atoms with E-state index >= 15 is 0 Å². The van der Waals surface area contributed by atoms with Crippen molar-refractivity contribution in [2.75, 3.05) is 13.1 Å². The van der Waals surface area contributed by atoms with Gasteiger partial charge in [-0.05, 0) is 24.1 Å². The van der Waals surface area contributed by atoms with Crippen molar-refractivity contribution >= 4 is 23.4 Å². The first-order valence-electron chi connectivity index (χ1n) is 10.2. The Bertz CT molecular complexity index is 943. The summed E-state index contributed by atoms with van der Waals surface area (Å²) < 4.78 is 8.08. The SMILES string of the molecule is CC(C)C(=O)NCc1nnn2c1COC1(CCN(C(=O)Cc3ccc(Cl)cc3)C1)C2. The van der Waals surface area contributed by atoms with Crippen molar-refractivity contribution in [3.63, 3.8) is 0 Å². The van der Waals surface area contributed by atoms with E-state index in [1.54, 1.807) is 12.1 Å². The largest absolute Gasteiger partial charge is 0.365 e. The second-order valence-electron chi connectivity index (χ2n) is 8.35. The van der Waals surface area contributed by atoms with Crippen LogP contribution in [-0.2, 0) is 40.4 Å². The van der Waals surface area contributed by atoms with E-state index in [1.165, 1.54) is 0 Å². The molecule has 1 atom stereocenters. The van der Waals surface area contributed by atoms with E-state index in [2.05, 4.69) is 15.6 Å². The minimum absolute atomic E-state index is 0.0180. The van der Waals surface area contributed by atoms with Crippen LogP contribution >= 0.6 is 11.6 Å². The van der Waals surface area contributed by atoms with E-state index in [-0.39, 0.29) is 17.7 Å². The number of halogens is 1. The lowest BCUT2D eigenvalue weighted by Gasteiger charge is -2.34. The molecule has 9 heteroatoms. The smallest absolute Gasteiger partial charge is 0.227 e. The van der Waals surface area contributed by atoms with Gasteiger partial charge in [0.25, 0.3) is 0 Å². The van der Waals surface area contributed by atoms with Crippen molar-refractivity contribution in [2.24, 2.45) is 5.92 Å². The zero-order valence-electron chi connectivity index (χ0n) is 17.2. The first kappa shape index (κ1) is 20.8. The van der Waals surface area contributed by atoms with E-state index in [9.17, 15) is 9.59 Å². The highest BCUT2D eigenvalue weighted by molar-refractivity contribution is 6.30. The van der Waals surface area contributed by atoms with Gasteiger partial charge in [-0.25, -0.2) is 4.68 Å². The number of hydrogen-bond acceptors (Lipinski definition) is 5. The Hall–Kier alpha value is -2.45. The molecule has 8 nitrogen and oxygen atoms in total. The number of carbonyl (C=O) groups is 2. The standard InChI is InChI=1S/C21H26ClN5O3/c1-14(2)20(29)23-10-17-18-11-30-21(13-27(18)25-24-17)7-8-26(12-21)19(28)9-15-3-5-16(22)6-4-15/h3-6,14H,7-13H2,1-2H3,(H,23,29). The summed E-state index contributed by atoms with van der Waals surface area (Å²) in [7, 11) is 0. The topological polar surface area (TPSA) is 89.3 Å². The fourth-order valence-electron chi connectivity index (χ4n) is 3.90. The molecule has 2 aliphatic heterocycles. The molecule has 4 rings (SSSR count).